The number of amides is 3. The van der Waals surface area contributed by atoms with E-state index in [-0.39, 0.29) is 35.1 Å². The third-order valence-corrected chi connectivity index (χ3v) is 8.96. The zero-order chi connectivity index (χ0) is 30.6. The second-order valence-corrected chi connectivity index (χ2v) is 13.2. The fourth-order valence-electron chi connectivity index (χ4n) is 5.60. The number of hydrogen-bond acceptors (Lipinski definition) is 8. The van der Waals surface area contributed by atoms with E-state index < -0.39 is 29.7 Å². The first-order valence-corrected chi connectivity index (χ1v) is 15.6. The van der Waals surface area contributed by atoms with Crippen LogP contribution in [0.5, 0.6) is 5.75 Å². The van der Waals surface area contributed by atoms with Crippen LogP contribution in [0.15, 0.2) is 29.6 Å². The van der Waals surface area contributed by atoms with Crippen LogP contribution in [0.4, 0.5) is 4.79 Å². The monoisotopic (exact) mass is 598 g/mol. The number of rotatable bonds is 8. The molecule has 1 aromatic heterocycles. The fraction of sp³-hybridized carbons (Fsp3) is 0.581. The van der Waals surface area contributed by atoms with Gasteiger partial charge in [0, 0.05) is 24.5 Å². The van der Waals surface area contributed by atoms with Gasteiger partial charge in [-0.25, -0.2) is 9.78 Å². The van der Waals surface area contributed by atoms with Crippen LogP contribution in [-0.4, -0.2) is 74.9 Å². The van der Waals surface area contributed by atoms with E-state index in [0.29, 0.717) is 23.5 Å². The molecule has 2 unspecified atom stereocenters. The molecule has 1 saturated carbocycles. The Kier molecular flexibility index (Phi) is 9.91. The van der Waals surface area contributed by atoms with Gasteiger partial charge in [0.1, 0.15) is 34.1 Å². The zero-order valence-corrected chi connectivity index (χ0v) is 25.9. The first kappa shape index (κ1) is 31.5. The number of carbonyl (C=O) groups is 4. The van der Waals surface area contributed by atoms with Crippen LogP contribution >= 0.6 is 11.3 Å². The Hall–Kier alpha value is -3.47. The number of aromatic hydroxyl groups is 1. The first-order chi connectivity index (χ1) is 19.9. The standard InChI is InChI=1S/C31H42N4O6S/c1-19(34(5)30(40)41-31(2,3)4)27(38)33-25(20-11-7-6-8-12-20)29(39)35-16-10-15-24(35)28-32-23(18-42-28)26(37)21-13-9-14-22(36)17-21/h9,13-14,17-20,24-25,36H,6-8,10-12,15-16H2,1-5H3,(H,33,38)/t19?,24-,25?/m1/s1. The minimum absolute atomic E-state index is 0.00493. The average Bonchev–Trinajstić information content (AvgIpc) is 3.64. The Morgan fingerprint density at radius 2 is 1.83 bits per heavy atom. The summed E-state index contributed by atoms with van der Waals surface area (Å²) in [4.78, 5) is 60.8. The number of carbonyl (C=O) groups excluding carboxylic acids is 4. The maximum absolute atomic E-state index is 14.2. The minimum Gasteiger partial charge on any atom is -0.508 e. The van der Waals surface area contributed by atoms with Crippen LogP contribution in [0.2, 0.25) is 0 Å². The van der Waals surface area contributed by atoms with Crippen LogP contribution in [0.25, 0.3) is 0 Å². The summed E-state index contributed by atoms with van der Waals surface area (Å²) >= 11 is 1.34. The highest BCUT2D eigenvalue weighted by Gasteiger charge is 2.41. The number of likely N-dealkylation sites (N-methyl/N-ethyl adjacent to an activating group) is 1. The molecule has 4 rings (SSSR count). The molecule has 0 radical (unpaired) electrons. The summed E-state index contributed by atoms with van der Waals surface area (Å²) in [6.07, 6.45) is 5.66. The summed E-state index contributed by atoms with van der Waals surface area (Å²) in [5.74, 6) is -0.849. The van der Waals surface area contributed by atoms with Gasteiger partial charge in [0.05, 0.1) is 6.04 Å². The zero-order valence-electron chi connectivity index (χ0n) is 25.1. The molecule has 1 aromatic carbocycles. The number of thiazole rings is 1. The lowest BCUT2D eigenvalue weighted by Gasteiger charge is -2.36. The number of ketones is 1. The second-order valence-electron chi connectivity index (χ2n) is 12.3. The molecule has 10 nitrogen and oxygen atoms in total. The third kappa shape index (κ3) is 7.48. The van der Waals surface area contributed by atoms with Crippen molar-refractivity contribution in [2.45, 2.75) is 96.4 Å². The summed E-state index contributed by atoms with van der Waals surface area (Å²) < 4.78 is 5.43. The molecule has 3 atom stereocenters. The van der Waals surface area contributed by atoms with Gasteiger partial charge in [0.2, 0.25) is 17.6 Å². The molecule has 2 aliphatic rings. The lowest BCUT2D eigenvalue weighted by atomic mass is 9.83. The number of phenols is 1. The van der Waals surface area contributed by atoms with Crippen molar-refractivity contribution in [3.8, 4) is 5.75 Å². The van der Waals surface area contributed by atoms with Crippen molar-refractivity contribution in [1.29, 1.82) is 0 Å². The van der Waals surface area contributed by atoms with E-state index in [4.69, 9.17) is 4.74 Å². The van der Waals surface area contributed by atoms with Crippen LogP contribution in [0.3, 0.4) is 0 Å². The lowest BCUT2D eigenvalue weighted by molar-refractivity contribution is -0.140. The van der Waals surface area contributed by atoms with Crippen molar-refractivity contribution < 1.29 is 29.0 Å². The van der Waals surface area contributed by atoms with Gasteiger partial charge in [-0.2, -0.15) is 0 Å². The second kappa shape index (κ2) is 13.2. The predicted octanol–water partition coefficient (Wildman–Crippen LogP) is 5.06. The molecule has 2 N–H and O–H groups in total. The molecule has 1 saturated heterocycles. The van der Waals surface area contributed by atoms with Gasteiger partial charge >= 0.3 is 6.09 Å². The van der Waals surface area contributed by atoms with Crippen molar-refractivity contribution in [2.75, 3.05) is 13.6 Å². The Morgan fingerprint density at radius 3 is 2.50 bits per heavy atom. The average molecular weight is 599 g/mol. The van der Waals surface area contributed by atoms with Crippen molar-refractivity contribution in [2.24, 2.45) is 5.92 Å². The van der Waals surface area contributed by atoms with E-state index in [1.807, 2.05) is 0 Å². The number of aromatic nitrogens is 1. The minimum atomic E-state index is -0.835. The van der Waals surface area contributed by atoms with Gasteiger partial charge in [-0.05, 0) is 71.4 Å². The Morgan fingerprint density at radius 1 is 1.12 bits per heavy atom. The van der Waals surface area contributed by atoms with Crippen molar-refractivity contribution in [1.82, 2.24) is 20.1 Å². The van der Waals surface area contributed by atoms with Gasteiger partial charge < -0.3 is 20.1 Å². The summed E-state index contributed by atoms with van der Waals surface area (Å²) in [5.41, 5.74) is -0.0800. The molecular weight excluding hydrogens is 556 g/mol. The summed E-state index contributed by atoms with van der Waals surface area (Å²) in [6.45, 7) is 7.46. The molecule has 1 aliphatic heterocycles. The normalized spacial score (nSPS) is 19.2. The topological polar surface area (TPSA) is 129 Å². The van der Waals surface area contributed by atoms with E-state index in [1.165, 1.54) is 35.4 Å². The van der Waals surface area contributed by atoms with E-state index in [0.717, 1.165) is 38.5 Å². The summed E-state index contributed by atoms with van der Waals surface area (Å²) in [5, 5.41) is 15.1. The molecule has 0 spiro atoms. The van der Waals surface area contributed by atoms with Crippen LogP contribution in [-0.2, 0) is 14.3 Å². The highest BCUT2D eigenvalue weighted by atomic mass is 32.1. The maximum Gasteiger partial charge on any atom is 0.410 e. The highest BCUT2D eigenvalue weighted by Crippen LogP contribution is 2.36. The van der Waals surface area contributed by atoms with Crippen LogP contribution in [0, 0.1) is 5.92 Å². The van der Waals surface area contributed by atoms with Crippen molar-refractivity contribution in [3.63, 3.8) is 0 Å². The Balaban J connectivity index is 1.51. The van der Waals surface area contributed by atoms with E-state index in [2.05, 4.69) is 10.3 Å². The molecule has 2 fully saturated rings. The number of nitrogens with one attached hydrogen (secondary N) is 1. The smallest absolute Gasteiger partial charge is 0.410 e. The molecule has 3 amide bonds. The number of hydrogen-bond donors (Lipinski definition) is 2. The number of benzene rings is 1. The number of nitrogens with zero attached hydrogens (tertiary/aromatic N) is 3. The molecule has 42 heavy (non-hydrogen) atoms. The highest BCUT2D eigenvalue weighted by molar-refractivity contribution is 7.10. The van der Waals surface area contributed by atoms with Crippen LogP contribution in [0.1, 0.15) is 99.7 Å². The van der Waals surface area contributed by atoms with Gasteiger partial charge in [0.15, 0.2) is 0 Å². The molecule has 228 valence electrons. The SMILES string of the molecule is CC(C(=O)NC(C(=O)N1CCC[C@@H]1c1nc(C(=O)c2cccc(O)c2)cs1)C1CCCCC1)N(C)C(=O)OC(C)(C)C. The van der Waals surface area contributed by atoms with E-state index in [9.17, 15) is 24.3 Å². The van der Waals surface area contributed by atoms with Gasteiger partial charge in [-0.1, -0.05) is 31.4 Å². The molecular formula is C31H42N4O6S. The Labute approximate surface area is 251 Å². The van der Waals surface area contributed by atoms with Gasteiger partial charge in [-0.15, -0.1) is 11.3 Å². The number of likely N-dealkylation sites (tertiary alicyclic amines) is 1. The van der Waals surface area contributed by atoms with Gasteiger partial charge in [0.25, 0.3) is 0 Å². The predicted molar refractivity (Wildman–Crippen MR) is 159 cm³/mol. The summed E-state index contributed by atoms with van der Waals surface area (Å²) in [6, 6.07) is 4.30. The van der Waals surface area contributed by atoms with E-state index >= 15 is 0 Å². The molecule has 1 aliphatic carbocycles. The molecule has 2 heterocycles. The van der Waals surface area contributed by atoms with Crippen LogP contribution < -0.4 is 5.32 Å². The number of ether oxygens (including phenoxy) is 1. The molecule has 2 aromatic rings. The maximum atomic E-state index is 14.2. The lowest BCUT2D eigenvalue weighted by Crippen LogP contribution is -2.56. The summed E-state index contributed by atoms with van der Waals surface area (Å²) in [7, 11) is 1.52. The molecule has 11 heteroatoms. The quantitative estimate of drug-likeness (QED) is 0.406. The molecule has 0 bridgehead atoms. The largest absolute Gasteiger partial charge is 0.508 e. The Bertz CT molecular complexity index is 1300. The van der Waals surface area contributed by atoms with Crippen molar-refractivity contribution in [3.05, 3.63) is 45.9 Å². The first-order valence-electron chi connectivity index (χ1n) is 14.7. The number of phenolic OH excluding ortho intramolecular Hbond substituents is 1. The van der Waals surface area contributed by atoms with Gasteiger partial charge in [-0.3, -0.25) is 19.3 Å². The van der Waals surface area contributed by atoms with E-state index in [1.54, 1.807) is 50.1 Å². The fourth-order valence-corrected chi connectivity index (χ4v) is 6.54. The third-order valence-electron chi connectivity index (χ3n) is 8.01. The van der Waals surface area contributed by atoms with Crippen molar-refractivity contribution >= 4 is 35.0 Å².